The van der Waals surface area contributed by atoms with Crippen LogP contribution in [0.4, 0.5) is 0 Å². The van der Waals surface area contributed by atoms with Crippen molar-refractivity contribution in [2.24, 2.45) is 0 Å². The molecule has 1 heteroatoms. The van der Waals surface area contributed by atoms with Gasteiger partial charge in [-0.25, -0.2) is 0 Å². The summed E-state index contributed by atoms with van der Waals surface area (Å²) < 4.78 is 202. The molecule has 0 aliphatic rings. The van der Waals surface area contributed by atoms with E-state index < -0.39 is 166 Å². The largest absolute Gasteiger partial charge is 0.456 e. The molecule has 10 aromatic rings. The molecule has 1 nitrogen and oxygen atoms in total. The molecule has 1 heterocycles. The summed E-state index contributed by atoms with van der Waals surface area (Å²) in [5.41, 5.74) is -2.90. The molecule has 0 amide bonds. The minimum Gasteiger partial charge on any atom is -0.456 e. The molecule has 0 bridgehead atoms. The Balaban J connectivity index is 1.42. The van der Waals surface area contributed by atoms with Crippen molar-refractivity contribution in [2.45, 2.75) is 0 Å². The average molecular weight is 645 g/mol. The smallest absolute Gasteiger partial charge is 0.136 e. The molecule has 0 fully saturated rings. The Morgan fingerprint density at radius 1 is 0.347 bits per heavy atom. The normalized spacial score (nSPS) is 18.0. The summed E-state index contributed by atoms with van der Waals surface area (Å²) in [4.78, 5) is 0. The van der Waals surface area contributed by atoms with E-state index in [1.54, 1.807) is 48.5 Å². The van der Waals surface area contributed by atoms with Gasteiger partial charge in [0.25, 0.3) is 0 Å². The van der Waals surface area contributed by atoms with Gasteiger partial charge in [-0.15, -0.1) is 0 Å². The molecule has 49 heavy (non-hydrogen) atoms. The van der Waals surface area contributed by atoms with Gasteiger partial charge in [0.1, 0.15) is 11.2 Å². The lowest BCUT2D eigenvalue weighted by Crippen LogP contribution is -1.92. The van der Waals surface area contributed by atoms with Crippen LogP contribution in [-0.2, 0) is 0 Å². The van der Waals surface area contributed by atoms with Crippen LogP contribution in [-0.4, -0.2) is 0 Å². The first kappa shape index (κ1) is 13.6. The summed E-state index contributed by atoms with van der Waals surface area (Å²) in [5.74, 6) is 0. The van der Waals surface area contributed by atoms with Crippen LogP contribution in [0.15, 0.2) is 186 Å². The quantitative estimate of drug-likeness (QED) is 0.174. The first-order valence-corrected chi connectivity index (χ1v) is 15.1. The minimum absolute atomic E-state index is 0.119. The van der Waals surface area contributed by atoms with Crippen LogP contribution >= 0.6 is 0 Å². The lowest BCUT2D eigenvalue weighted by Gasteiger charge is -2.20. The van der Waals surface area contributed by atoms with E-state index in [4.69, 9.17) is 26.3 Å². The molecule has 0 N–H and O–H groups in total. The van der Waals surface area contributed by atoms with Crippen LogP contribution in [0.1, 0.15) is 30.2 Å². The van der Waals surface area contributed by atoms with Crippen molar-refractivity contribution in [1.29, 1.82) is 0 Å². The van der Waals surface area contributed by atoms with Gasteiger partial charge in [0.2, 0.25) is 0 Å². The fourth-order valence-corrected chi connectivity index (χ4v) is 6.50. The third-order valence-electron chi connectivity index (χ3n) is 8.50. The van der Waals surface area contributed by atoms with E-state index in [9.17, 15) is 8.22 Å². The number of rotatable bonds is 4. The third-order valence-corrected chi connectivity index (χ3v) is 8.50. The van der Waals surface area contributed by atoms with Gasteiger partial charge in [0.15, 0.2) is 0 Å². The highest BCUT2D eigenvalue weighted by molar-refractivity contribution is 6.27. The molecule has 10 rings (SSSR count). The highest BCUT2D eigenvalue weighted by atomic mass is 16.3. The van der Waals surface area contributed by atoms with Gasteiger partial charge >= 0.3 is 0 Å². The topological polar surface area (TPSA) is 13.1 Å². The monoisotopic (exact) mass is 644 g/mol. The van der Waals surface area contributed by atoms with Crippen molar-refractivity contribution < 1.29 is 34.6 Å². The summed E-state index contributed by atoms with van der Waals surface area (Å²) in [6, 6.07) is -2.74. The summed E-state index contributed by atoms with van der Waals surface area (Å²) in [6.07, 6.45) is 0. The second kappa shape index (κ2) is 11.1. The van der Waals surface area contributed by atoms with Crippen molar-refractivity contribution in [3.05, 3.63) is 181 Å². The van der Waals surface area contributed by atoms with Gasteiger partial charge in [-0.05, 0) is 95.0 Å². The molecule has 228 valence electrons. The summed E-state index contributed by atoms with van der Waals surface area (Å²) in [7, 11) is 0. The maximum Gasteiger partial charge on any atom is 0.136 e. The van der Waals surface area contributed by atoms with Crippen LogP contribution in [0.5, 0.6) is 0 Å². The zero-order chi connectivity index (χ0) is 51.5. The first-order chi connectivity index (χ1) is 33.5. The molecule has 0 unspecified atom stereocenters. The van der Waals surface area contributed by atoms with E-state index in [0.717, 1.165) is 0 Å². The van der Waals surface area contributed by atoms with E-state index in [0.29, 0.717) is 0 Å². The van der Waals surface area contributed by atoms with E-state index in [1.165, 1.54) is 0 Å². The molecular weight excluding hydrogens is 593 g/mol. The Bertz CT molecular complexity index is 4030. The molecule has 0 aliphatic heterocycles. The molecule has 0 aliphatic carbocycles. The molecule has 0 saturated heterocycles. The van der Waals surface area contributed by atoms with Crippen molar-refractivity contribution >= 4 is 54.3 Å². The highest BCUT2D eigenvalue weighted by Gasteiger charge is 2.21. The van der Waals surface area contributed by atoms with Crippen molar-refractivity contribution in [1.82, 2.24) is 0 Å². The Kier molecular flexibility index (Phi) is 3.07. The predicted octanol–water partition coefficient (Wildman–Crippen LogP) is 13.7. The maximum atomic E-state index is 9.74. The van der Waals surface area contributed by atoms with E-state index >= 15 is 0 Å². The predicted molar refractivity (Wildman–Crippen MR) is 208 cm³/mol. The van der Waals surface area contributed by atoms with Crippen LogP contribution in [0.2, 0.25) is 0 Å². The Morgan fingerprint density at radius 2 is 0.898 bits per heavy atom. The lowest BCUT2D eigenvalue weighted by molar-refractivity contribution is 0.669. The highest BCUT2D eigenvalue weighted by Crippen LogP contribution is 2.48. The second-order valence-corrected chi connectivity index (χ2v) is 11.1. The van der Waals surface area contributed by atoms with Crippen molar-refractivity contribution in [3.63, 3.8) is 0 Å². The fraction of sp³-hybridized carbons (Fsp3) is 0. The SMILES string of the molecule is [2H]c1c([2H])c([2H])c(-c2c([2H])c([2H])c3oc4c([2H])c([2H])c([2H])c(-c5c6ccccc6c(-c6c([2H])c([2H])c(-c7c([2H])c([2H])c([2H])c([2H])c7[2H])c7c([2H])c([2H])c([2H])c([2H])c67)c6ccccc56)c4c3c2[2H])c([2H])c1[2H]. The average Bonchev–Trinajstić information content (AvgIpc) is 3.77. The minimum atomic E-state index is -0.776. The van der Waals surface area contributed by atoms with E-state index in [1.807, 2.05) is 0 Å². The van der Waals surface area contributed by atoms with Gasteiger partial charge in [-0.3, -0.25) is 0 Å². The van der Waals surface area contributed by atoms with Gasteiger partial charge < -0.3 is 4.42 Å². The summed E-state index contributed by atoms with van der Waals surface area (Å²) in [5, 5.41) is -0.110. The van der Waals surface area contributed by atoms with Gasteiger partial charge in [0, 0.05) is 10.8 Å². The van der Waals surface area contributed by atoms with Crippen LogP contribution < -0.4 is 0 Å². The molecule has 0 radical (unpaired) electrons. The third kappa shape index (κ3) is 4.33. The Morgan fingerprint density at radius 3 is 1.55 bits per heavy atom. The number of furan rings is 1. The van der Waals surface area contributed by atoms with Gasteiger partial charge in [-0.1, -0.05) is 163 Å². The van der Waals surface area contributed by atoms with E-state index in [-0.39, 0.29) is 65.5 Å². The number of benzene rings is 9. The summed E-state index contributed by atoms with van der Waals surface area (Å²) >= 11 is 0. The molecule has 1 aromatic heterocycles. The second-order valence-electron chi connectivity index (χ2n) is 11.1. The first-order valence-electron chi connectivity index (χ1n) is 26.1. The summed E-state index contributed by atoms with van der Waals surface area (Å²) in [6.45, 7) is 0. The Hall–Kier alpha value is -6.44. The lowest BCUT2D eigenvalue weighted by atomic mass is 9.83. The van der Waals surface area contributed by atoms with Crippen molar-refractivity contribution in [2.75, 3.05) is 0 Å². The number of hydrogen-bond donors (Lipinski definition) is 0. The van der Waals surface area contributed by atoms with E-state index in [2.05, 4.69) is 0 Å². The maximum absolute atomic E-state index is 9.74. The zero-order valence-electron chi connectivity index (χ0n) is 47.0. The molecule has 0 saturated carbocycles. The van der Waals surface area contributed by atoms with Gasteiger partial charge in [0.05, 0.1) is 30.2 Å². The molecular formula is C48H30O. The Labute approximate surface area is 315 Å². The zero-order valence-corrected chi connectivity index (χ0v) is 25.0. The molecule has 0 atom stereocenters. The number of hydrogen-bond acceptors (Lipinski definition) is 1. The van der Waals surface area contributed by atoms with Crippen LogP contribution in [0.3, 0.4) is 0 Å². The number of fused-ring (bicyclic) bond motifs is 6. The molecule has 9 aromatic carbocycles. The van der Waals surface area contributed by atoms with Crippen LogP contribution in [0, 0.1) is 0 Å². The fourth-order valence-electron chi connectivity index (χ4n) is 6.50. The van der Waals surface area contributed by atoms with Crippen LogP contribution in [0.25, 0.3) is 98.8 Å². The van der Waals surface area contributed by atoms with Gasteiger partial charge in [-0.2, -0.15) is 0 Å². The van der Waals surface area contributed by atoms with Crippen molar-refractivity contribution in [3.8, 4) is 44.5 Å². The standard InChI is InChI=1S/C48H30O/c1-3-14-31(15-4-1)33-26-29-44-43(30-33)48-42(24-13-25-45(48)49-44)47-39-22-11-9-20-37(39)46(38-21-10-12-23-40(38)47)41-28-27-34(32-16-5-2-6-17-32)35-18-7-8-19-36(35)41/h1-30H/i1D,2D,3D,4D,5D,6D,7D,8D,13D,14D,15D,16D,17D,18D,19D,24D,25D,26D,27D,28D,29D,30D. The molecule has 0 spiro atoms.